The molecule has 1 fully saturated rings. The fraction of sp³-hybridized carbons (Fsp3) is 0.435. The summed E-state index contributed by atoms with van der Waals surface area (Å²) in [4.78, 5) is 7.06. The van der Waals surface area contributed by atoms with E-state index >= 15 is 0 Å². The number of rotatable bonds is 8. The van der Waals surface area contributed by atoms with Crippen LogP contribution in [-0.4, -0.2) is 50.8 Å². The zero-order chi connectivity index (χ0) is 21.3. The maximum atomic E-state index is 13.1. The summed E-state index contributed by atoms with van der Waals surface area (Å²) in [6.45, 7) is 6.13. The Labute approximate surface area is 201 Å². The van der Waals surface area contributed by atoms with Crippen molar-refractivity contribution < 1.29 is 13.9 Å². The highest BCUT2D eigenvalue weighted by Crippen LogP contribution is 2.24. The van der Waals surface area contributed by atoms with Gasteiger partial charge in [0.15, 0.2) is 5.96 Å². The number of benzene rings is 2. The van der Waals surface area contributed by atoms with Crippen LogP contribution in [-0.2, 0) is 13.1 Å². The van der Waals surface area contributed by atoms with E-state index in [9.17, 15) is 4.39 Å². The second-order valence-electron chi connectivity index (χ2n) is 7.41. The SMILES string of the molecule is CCNC(=NCc1ccc(F)cc1)NC1CCN(Cc2cc(OC)cc(OC)c2)C1.I. The number of hydrogen-bond donors (Lipinski definition) is 2. The minimum absolute atomic E-state index is 0. The molecule has 1 heterocycles. The molecule has 6 nitrogen and oxygen atoms in total. The third-order valence-electron chi connectivity index (χ3n) is 5.11. The molecular formula is C23H32FIN4O2. The van der Waals surface area contributed by atoms with Crippen LogP contribution in [0.1, 0.15) is 24.5 Å². The summed E-state index contributed by atoms with van der Waals surface area (Å²) >= 11 is 0. The summed E-state index contributed by atoms with van der Waals surface area (Å²) in [5, 5.41) is 6.83. The molecule has 1 unspecified atom stereocenters. The van der Waals surface area contributed by atoms with E-state index in [2.05, 4.69) is 32.7 Å². The normalized spacial score (nSPS) is 16.5. The van der Waals surface area contributed by atoms with Gasteiger partial charge >= 0.3 is 0 Å². The van der Waals surface area contributed by atoms with E-state index in [-0.39, 0.29) is 29.8 Å². The van der Waals surface area contributed by atoms with Crippen LogP contribution in [0, 0.1) is 5.82 Å². The molecule has 0 radical (unpaired) electrons. The van der Waals surface area contributed by atoms with Crippen molar-refractivity contribution in [3.63, 3.8) is 0 Å². The zero-order valence-corrected chi connectivity index (χ0v) is 20.7. The Morgan fingerprint density at radius 3 is 2.39 bits per heavy atom. The number of guanidine groups is 1. The van der Waals surface area contributed by atoms with Gasteiger partial charge in [-0.15, -0.1) is 24.0 Å². The molecule has 0 saturated carbocycles. The number of methoxy groups -OCH3 is 2. The first-order valence-electron chi connectivity index (χ1n) is 10.3. The lowest BCUT2D eigenvalue weighted by Crippen LogP contribution is -2.44. The fourth-order valence-corrected chi connectivity index (χ4v) is 3.58. The van der Waals surface area contributed by atoms with Crippen LogP contribution in [0.25, 0.3) is 0 Å². The molecule has 0 spiro atoms. The number of aliphatic imine (C=N–C) groups is 1. The fourth-order valence-electron chi connectivity index (χ4n) is 3.58. The maximum absolute atomic E-state index is 13.1. The number of hydrogen-bond acceptors (Lipinski definition) is 4. The highest BCUT2D eigenvalue weighted by atomic mass is 127. The molecule has 0 bridgehead atoms. The lowest BCUT2D eigenvalue weighted by molar-refractivity contribution is 0.321. The average molecular weight is 542 g/mol. The van der Waals surface area contributed by atoms with E-state index in [1.807, 2.05) is 13.0 Å². The lowest BCUT2D eigenvalue weighted by atomic mass is 10.2. The summed E-state index contributed by atoms with van der Waals surface area (Å²) in [5.74, 6) is 2.17. The monoisotopic (exact) mass is 542 g/mol. The van der Waals surface area contributed by atoms with Crippen LogP contribution in [0.5, 0.6) is 11.5 Å². The number of nitrogens with one attached hydrogen (secondary N) is 2. The number of halogens is 2. The smallest absolute Gasteiger partial charge is 0.191 e. The summed E-state index contributed by atoms with van der Waals surface area (Å²) in [7, 11) is 3.34. The van der Waals surface area contributed by atoms with Crippen molar-refractivity contribution in [3.05, 3.63) is 59.4 Å². The van der Waals surface area contributed by atoms with Crippen LogP contribution >= 0.6 is 24.0 Å². The molecule has 31 heavy (non-hydrogen) atoms. The van der Waals surface area contributed by atoms with Gasteiger partial charge in [0.1, 0.15) is 17.3 Å². The highest BCUT2D eigenvalue weighted by Gasteiger charge is 2.23. The minimum Gasteiger partial charge on any atom is -0.497 e. The quantitative estimate of drug-likeness (QED) is 0.302. The van der Waals surface area contributed by atoms with Crippen molar-refractivity contribution >= 4 is 29.9 Å². The number of likely N-dealkylation sites (tertiary alicyclic amines) is 1. The maximum Gasteiger partial charge on any atom is 0.191 e. The molecular weight excluding hydrogens is 510 g/mol. The molecule has 0 aliphatic carbocycles. The van der Waals surface area contributed by atoms with Crippen molar-refractivity contribution in [2.75, 3.05) is 33.9 Å². The van der Waals surface area contributed by atoms with Gasteiger partial charge in [0.25, 0.3) is 0 Å². The van der Waals surface area contributed by atoms with E-state index in [0.29, 0.717) is 12.6 Å². The third kappa shape index (κ3) is 7.84. The Morgan fingerprint density at radius 2 is 1.77 bits per heavy atom. The molecule has 0 amide bonds. The first-order chi connectivity index (χ1) is 14.6. The topological polar surface area (TPSA) is 58.1 Å². The van der Waals surface area contributed by atoms with Crippen molar-refractivity contribution in [2.45, 2.75) is 32.5 Å². The van der Waals surface area contributed by atoms with Gasteiger partial charge in [0, 0.05) is 38.3 Å². The second kappa shape index (κ2) is 12.7. The minimum atomic E-state index is -0.229. The van der Waals surface area contributed by atoms with Crippen molar-refractivity contribution in [2.24, 2.45) is 4.99 Å². The summed E-state index contributed by atoms with van der Waals surface area (Å²) in [6, 6.07) is 12.8. The molecule has 8 heteroatoms. The van der Waals surface area contributed by atoms with Gasteiger partial charge in [-0.3, -0.25) is 4.90 Å². The lowest BCUT2D eigenvalue weighted by Gasteiger charge is -2.19. The molecule has 1 aliphatic heterocycles. The molecule has 0 aromatic heterocycles. The molecule has 2 N–H and O–H groups in total. The highest BCUT2D eigenvalue weighted by molar-refractivity contribution is 14.0. The average Bonchev–Trinajstić information content (AvgIpc) is 3.19. The van der Waals surface area contributed by atoms with Crippen LogP contribution in [0.15, 0.2) is 47.5 Å². The van der Waals surface area contributed by atoms with Crippen LogP contribution in [0.4, 0.5) is 4.39 Å². The molecule has 170 valence electrons. The number of nitrogens with zero attached hydrogens (tertiary/aromatic N) is 2. The van der Waals surface area contributed by atoms with Gasteiger partial charge < -0.3 is 20.1 Å². The van der Waals surface area contributed by atoms with E-state index in [1.165, 1.54) is 17.7 Å². The standard InChI is InChI=1S/C23H31FN4O2.HI/c1-4-25-23(26-14-17-5-7-19(24)8-6-17)27-20-9-10-28(16-20)15-18-11-21(29-2)13-22(12-18)30-3;/h5-8,11-13,20H,4,9-10,14-16H2,1-3H3,(H2,25,26,27);1H. The van der Waals surface area contributed by atoms with E-state index < -0.39 is 0 Å². The van der Waals surface area contributed by atoms with Gasteiger partial charge in [-0.25, -0.2) is 9.38 Å². The van der Waals surface area contributed by atoms with E-state index in [4.69, 9.17) is 9.47 Å². The Hall–Kier alpha value is -2.07. The summed E-state index contributed by atoms with van der Waals surface area (Å²) in [5.41, 5.74) is 2.15. The first kappa shape index (κ1) is 25.2. The van der Waals surface area contributed by atoms with Crippen LogP contribution in [0.2, 0.25) is 0 Å². The van der Waals surface area contributed by atoms with E-state index in [0.717, 1.165) is 55.6 Å². The Kier molecular flexibility index (Phi) is 10.3. The van der Waals surface area contributed by atoms with E-state index in [1.54, 1.807) is 26.4 Å². The van der Waals surface area contributed by atoms with Crippen molar-refractivity contribution in [3.8, 4) is 11.5 Å². The first-order valence-corrected chi connectivity index (χ1v) is 10.3. The zero-order valence-electron chi connectivity index (χ0n) is 18.4. The Bertz CT molecular complexity index is 826. The van der Waals surface area contributed by atoms with Crippen molar-refractivity contribution in [1.29, 1.82) is 0 Å². The second-order valence-corrected chi connectivity index (χ2v) is 7.41. The number of ether oxygens (including phenoxy) is 2. The van der Waals surface area contributed by atoms with Crippen LogP contribution in [0.3, 0.4) is 0 Å². The Balaban J connectivity index is 0.00000341. The van der Waals surface area contributed by atoms with Gasteiger partial charge in [-0.2, -0.15) is 0 Å². The molecule has 3 rings (SSSR count). The molecule has 2 aromatic rings. The molecule has 1 saturated heterocycles. The molecule has 2 aromatic carbocycles. The van der Waals surface area contributed by atoms with Crippen molar-refractivity contribution in [1.82, 2.24) is 15.5 Å². The Morgan fingerprint density at radius 1 is 1.10 bits per heavy atom. The third-order valence-corrected chi connectivity index (χ3v) is 5.11. The van der Waals surface area contributed by atoms with Crippen LogP contribution < -0.4 is 20.1 Å². The molecule has 1 aliphatic rings. The van der Waals surface area contributed by atoms with Gasteiger partial charge in [-0.1, -0.05) is 12.1 Å². The van der Waals surface area contributed by atoms with Gasteiger partial charge in [0.05, 0.1) is 20.8 Å². The predicted octanol–water partition coefficient (Wildman–Crippen LogP) is 3.79. The summed E-state index contributed by atoms with van der Waals surface area (Å²) < 4.78 is 23.8. The summed E-state index contributed by atoms with van der Waals surface area (Å²) in [6.07, 6.45) is 1.04. The molecule has 1 atom stereocenters. The largest absolute Gasteiger partial charge is 0.497 e. The predicted molar refractivity (Wildman–Crippen MR) is 133 cm³/mol. The van der Waals surface area contributed by atoms with Gasteiger partial charge in [-0.05, 0) is 48.7 Å². The van der Waals surface area contributed by atoms with Gasteiger partial charge in [0.2, 0.25) is 0 Å².